The highest BCUT2D eigenvalue weighted by Gasteiger charge is 2.23. The number of nitrogens with one attached hydrogen (secondary N) is 1. The van der Waals surface area contributed by atoms with Gasteiger partial charge in [0, 0.05) is 10.4 Å². The van der Waals surface area contributed by atoms with Gasteiger partial charge in [-0.25, -0.2) is 4.79 Å². The summed E-state index contributed by atoms with van der Waals surface area (Å²) in [6.07, 6.45) is 1.44. The fraction of sp³-hybridized carbons (Fsp3) is 0.214. The third-order valence-corrected chi connectivity index (χ3v) is 7.45. The van der Waals surface area contributed by atoms with Crippen molar-refractivity contribution in [3.63, 3.8) is 0 Å². The Bertz CT molecular complexity index is 1500. The van der Waals surface area contributed by atoms with Crippen LogP contribution in [-0.4, -0.2) is 25.6 Å². The number of esters is 1. The molecule has 0 saturated heterocycles. The van der Waals surface area contributed by atoms with Crippen molar-refractivity contribution in [2.75, 3.05) is 19.0 Å². The van der Waals surface area contributed by atoms with Crippen LogP contribution in [0, 0.1) is 40.1 Å². The molecule has 194 valence electrons. The van der Waals surface area contributed by atoms with Crippen LogP contribution in [-0.2, 0) is 16.1 Å². The predicted octanol–water partition coefficient (Wildman–Crippen LogP) is 6.15. The SMILES string of the molecule is CCOC(=O)c1c(NC(=O)C(C#N)=Cc2cc(I)c(OCc3ccccc3C#N)c(OC)c2)sc(C)c1C. The van der Waals surface area contributed by atoms with E-state index in [1.54, 1.807) is 38.1 Å². The van der Waals surface area contributed by atoms with Crippen LogP contribution in [0.15, 0.2) is 42.0 Å². The molecule has 0 aliphatic rings. The first kappa shape index (κ1) is 28.7. The maximum Gasteiger partial charge on any atom is 0.341 e. The molecule has 0 aliphatic heterocycles. The van der Waals surface area contributed by atoms with E-state index in [-0.39, 0.29) is 24.4 Å². The Labute approximate surface area is 238 Å². The highest BCUT2D eigenvalue weighted by atomic mass is 127. The van der Waals surface area contributed by atoms with E-state index in [1.807, 2.05) is 25.1 Å². The smallest absolute Gasteiger partial charge is 0.341 e. The topological polar surface area (TPSA) is 121 Å². The molecule has 0 unspecified atom stereocenters. The van der Waals surface area contributed by atoms with Crippen LogP contribution in [0.4, 0.5) is 5.00 Å². The number of rotatable bonds is 9. The Morgan fingerprint density at radius 2 is 1.92 bits per heavy atom. The Morgan fingerprint density at radius 3 is 2.58 bits per heavy atom. The predicted molar refractivity (Wildman–Crippen MR) is 153 cm³/mol. The van der Waals surface area contributed by atoms with Crippen LogP contribution >= 0.6 is 33.9 Å². The summed E-state index contributed by atoms with van der Waals surface area (Å²) in [6, 6.07) is 14.6. The molecule has 3 aromatic rings. The molecule has 1 aromatic heterocycles. The van der Waals surface area contributed by atoms with Crippen molar-refractivity contribution in [1.29, 1.82) is 10.5 Å². The van der Waals surface area contributed by atoms with E-state index in [0.29, 0.717) is 31.2 Å². The molecule has 0 spiro atoms. The standard InChI is InChI=1S/C28H24IN3O5S/c1-5-36-28(34)24-16(2)17(3)38-27(24)32-26(33)21(14-31)10-18-11-22(29)25(23(12-18)35-4)37-15-20-9-7-6-8-19(20)13-30/h6-12H,5,15H2,1-4H3,(H,32,33). The van der Waals surface area contributed by atoms with E-state index in [0.717, 1.165) is 16.0 Å². The van der Waals surface area contributed by atoms with Gasteiger partial charge in [-0.05, 0) is 78.8 Å². The number of methoxy groups -OCH3 is 1. The fourth-order valence-corrected chi connectivity index (χ4v) is 5.34. The Morgan fingerprint density at radius 1 is 1.18 bits per heavy atom. The van der Waals surface area contributed by atoms with Gasteiger partial charge in [0.1, 0.15) is 23.3 Å². The maximum atomic E-state index is 13.0. The van der Waals surface area contributed by atoms with Gasteiger partial charge >= 0.3 is 5.97 Å². The number of nitrogens with zero attached hydrogens (tertiary/aromatic N) is 2. The molecule has 1 amide bonds. The average Bonchev–Trinajstić information content (AvgIpc) is 3.18. The number of anilines is 1. The zero-order valence-corrected chi connectivity index (χ0v) is 24.2. The number of aryl methyl sites for hydroxylation is 1. The third-order valence-electron chi connectivity index (χ3n) is 5.53. The molecule has 0 fully saturated rings. The summed E-state index contributed by atoms with van der Waals surface area (Å²) in [5.41, 5.74) is 2.66. The van der Waals surface area contributed by atoms with E-state index in [2.05, 4.69) is 34.0 Å². The van der Waals surface area contributed by atoms with Crippen LogP contribution in [0.25, 0.3) is 6.08 Å². The minimum Gasteiger partial charge on any atom is -0.493 e. The molecular formula is C28H24IN3O5S. The van der Waals surface area contributed by atoms with Gasteiger partial charge in [0.15, 0.2) is 11.5 Å². The summed E-state index contributed by atoms with van der Waals surface area (Å²) in [4.78, 5) is 26.3. The summed E-state index contributed by atoms with van der Waals surface area (Å²) in [6.45, 7) is 5.70. The molecule has 3 rings (SSSR count). The van der Waals surface area contributed by atoms with Crippen molar-refractivity contribution in [2.24, 2.45) is 0 Å². The monoisotopic (exact) mass is 641 g/mol. The Kier molecular flexibility index (Phi) is 9.88. The number of thiophene rings is 1. The lowest BCUT2D eigenvalue weighted by molar-refractivity contribution is -0.112. The molecule has 0 saturated carbocycles. The van der Waals surface area contributed by atoms with E-state index in [9.17, 15) is 20.1 Å². The summed E-state index contributed by atoms with van der Waals surface area (Å²) in [5.74, 6) is -0.296. The van der Waals surface area contributed by atoms with Crippen molar-refractivity contribution in [1.82, 2.24) is 0 Å². The normalized spacial score (nSPS) is 10.8. The molecule has 8 nitrogen and oxygen atoms in total. The van der Waals surface area contributed by atoms with E-state index in [1.165, 1.54) is 24.5 Å². The second-order valence-electron chi connectivity index (χ2n) is 7.92. The number of benzene rings is 2. The van der Waals surface area contributed by atoms with Crippen LogP contribution in [0.5, 0.6) is 11.5 Å². The van der Waals surface area contributed by atoms with Gasteiger partial charge in [0.25, 0.3) is 5.91 Å². The molecule has 1 N–H and O–H groups in total. The van der Waals surface area contributed by atoms with Crippen molar-refractivity contribution >= 4 is 56.9 Å². The highest BCUT2D eigenvalue weighted by molar-refractivity contribution is 14.1. The van der Waals surface area contributed by atoms with Gasteiger partial charge in [-0.2, -0.15) is 10.5 Å². The fourth-order valence-electron chi connectivity index (χ4n) is 3.52. The lowest BCUT2D eigenvalue weighted by Gasteiger charge is -2.14. The van der Waals surface area contributed by atoms with Gasteiger partial charge < -0.3 is 19.5 Å². The molecule has 0 radical (unpaired) electrons. The second-order valence-corrected chi connectivity index (χ2v) is 10.3. The van der Waals surface area contributed by atoms with Crippen molar-refractivity contribution < 1.29 is 23.8 Å². The Hall–Kier alpha value is -3.87. The van der Waals surface area contributed by atoms with Crippen LogP contribution < -0.4 is 14.8 Å². The minimum absolute atomic E-state index is 0.155. The molecule has 2 aromatic carbocycles. The van der Waals surface area contributed by atoms with Gasteiger partial charge in [-0.15, -0.1) is 11.3 Å². The van der Waals surface area contributed by atoms with Crippen molar-refractivity contribution in [3.05, 3.63) is 78.2 Å². The van der Waals surface area contributed by atoms with E-state index < -0.39 is 11.9 Å². The highest BCUT2D eigenvalue weighted by Crippen LogP contribution is 2.36. The first-order valence-corrected chi connectivity index (χ1v) is 13.3. The summed E-state index contributed by atoms with van der Waals surface area (Å²) >= 11 is 3.33. The summed E-state index contributed by atoms with van der Waals surface area (Å²) in [5, 5.41) is 22.1. The first-order chi connectivity index (χ1) is 18.2. The number of halogens is 1. The number of hydrogen-bond donors (Lipinski definition) is 1. The van der Waals surface area contributed by atoms with Gasteiger partial charge in [-0.3, -0.25) is 4.79 Å². The average molecular weight is 641 g/mol. The van der Waals surface area contributed by atoms with Crippen molar-refractivity contribution in [3.8, 4) is 23.6 Å². The zero-order valence-electron chi connectivity index (χ0n) is 21.2. The summed E-state index contributed by atoms with van der Waals surface area (Å²) < 4.78 is 17.3. The maximum absolute atomic E-state index is 13.0. The number of hydrogen-bond acceptors (Lipinski definition) is 8. The number of carbonyl (C=O) groups excluding carboxylic acids is 2. The number of carbonyl (C=O) groups is 2. The molecule has 0 aliphatic carbocycles. The molecular weight excluding hydrogens is 617 g/mol. The van der Waals surface area contributed by atoms with E-state index in [4.69, 9.17) is 14.2 Å². The second kappa shape index (κ2) is 13.1. The van der Waals surface area contributed by atoms with Gasteiger partial charge in [0.2, 0.25) is 0 Å². The summed E-state index contributed by atoms with van der Waals surface area (Å²) in [7, 11) is 1.49. The zero-order chi connectivity index (χ0) is 27.8. The lowest BCUT2D eigenvalue weighted by Crippen LogP contribution is -2.16. The number of nitriles is 2. The number of ether oxygens (including phenoxy) is 3. The van der Waals surface area contributed by atoms with Crippen LogP contribution in [0.3, 0.4) is 0 Å². The minimum atomic E-state index is -0.651. The van der Waals surface area contributed by atoms with Gasteiger partial charge in [-0.1, -0.05) is 18.2 Å². The molecule has 10 heteroatoms. The number of amides is 1. The molecule has 38 heavy (non-hydrogen) atoms. The van der Waals surface area contributed by atoms with Crippen molar-refractivity contribution in [2.45, 2.75) is 27.4 Å². The Balaban J connectivity index is 1.87. The molecule has 1 heterocycles. The molecule has 0 atom stereocenters. The van der Waals surface area contributed by atoms with Crippen LogP contribution in [0.1, 0.15) is 44.4 Å². The van der Waals surface area contributed by atoms with Crippen LogP contribution in [0.2, 0.25) is 0 Å². The van der Waals surface area contributed by atoms with Gasteiger partial charge in [0.05, 0.1) is 34.5 Å². The molecule has 0 bridgehead atoms. The largest absolute Gasteiger partial charge is 0.493 e. The lowest BCUT2D eigenvalue weighted by atomic mass is 10.1. The quantitative estimate of drug-likeness (QED) is 0.129. The third kappa shape index (κ3) is 6.52. The van der Waals surface area contributed by atoms with E-state index >= 15 is 0 Å². The first-order valence-electron chi connectivity index (χ1n) is 11.4.